The fraction of sp³-hybridized carbons (Fsp3) is 0.136. The lowest BCUT2D eigenvalue weighted by Gasteiger charge is -2.22. The second-order valence-corrected chi connectivity index (χ2v) is 8.93. The summed E-state index contributed by atoms with van der Waals surface area (Å²) in [5.74, 6) is -0.0232. The van der Waals surface area contributed by atoms with Gasteiger partial charge in [0.2, 0.25) is 0 Å². The lowest BCUT2D eigenvalue weighted by molar-refractivity contribution is 0.102. The van der Waals surface area contributed by atoms with Crippen molar-refractivity contribution in [3.8, 4) is 5.75 Å². The summed E-state index contributed by atoms with van der Waals surface area (Å²) in [6.07, 6.45) is 0. The Hall–Kier alpha value is -3.03. The van der Waals surface area contributed by atoms with E-state index in [0.717, 1.165) is 4.31 Å². The molecule has 8 heteroatoms. The van der Waals surface area contributed by atoms with Gasteiger partial charge in [0.25, 0.3) is 15.9 Å². The highest BCUT2D eigenvalue weighted by Gasteiger charge is 2.25. The number of amides is 1. The Labute approximate surface area is 181 Å². The second kappa shape index (κ2) is 8.77. The van der Waals surface area contributed by atoms with Gasteiger partial charge in [0.1, 0.15) is 5.75 Å². The van der Waals surface area contributed by atoms with Gasteiger partial charge in [-0.2, -0.15) is 0 Å². The van der Waals surface area contributed by atoms with E-state index in [9.17, 15) is 13.2 Å². The molecule has 0 fully saturated rings. The van der Waals surface area contributed by atoms with Crippen LogP contribution < -0.4 is 14.4 Å². The summed E-state index contributed by atoms with van der Waals surface area (Å²) in [6.45, 7) is 1.74. The van der Waals surface area contributed by atoms with Crippen molar-refractivity contribution in [3.63, 3.8) is 0 Å². The molecule has 6 nitrogen and oxygen atoms in total. The summed E-state index contributed by atoms with van der Waals surface area (Å²) >= 11 is 6.11. The molecule has 0 atom stereocenters. The van der Waals surface area contributed by atoms with Crippen molar-refractivity contribution in [1.82, 2.24) is 0 Å². The molecule has 3 rings (SSSR count). The minimum atomic E-state index is -3.93. The van der Waals surface area contributed by atoms with Crippen molar-refractivity contribution < 1.29 is 17.9 Å². The fourth-order valence-corrected chi connectivity index (χ4v) is 4.35. The summed E-state index contributed by atoms with van der Waals surface area (Å²) in [7, 11) is -1.02. The zero-order valence-electron chi connectivity index (χ0n) is 16.7. The third kappa shape index (κ3) is 4.27. The predicted molar refractivity (Wildman–Crippen MR) is 119 cm³/mol. The number of methoxy groups -OCH3 is 1. The molecular weight excluding hydrogens is 424 g/mol. The number of hydrogen-bond acceptors (Lipinski definition) is 4. The van der Waals surface area contributed by atoms with Gasteiger partial charge in [-0.05, 0) is 48.9 Å². The molecule has 0 spiro atoms. The molecular formula is C22H21ClN2O4S. The smallest absolute Gasteiger partial charge is 0.264 e. The largest absolute Gasteiger partial charge is 0.495 e. The van der Waals surface area contributed by atoms with E-state index in [-0.39, 0.29) is 10.5 Å². The molecule has 0 saturated carbocycles. The van der Waals surface area contributed by atoms with Crippen LogP contribution in [0, 0.1) is 6.92 Å². The predicted octanol–water partition coefficient (Wildman–Crippen LogP) is 4.73. The molecule has 3 aromatic rings. The summed E-state index contributed by atoms with van der Waals surface area (Å²) < 4.78 is 32.8. The maximum Gasteiger partial charge on any atom is 0.264 e. The van der Waals surface area contributed by atoms with Crippen LogP contribution in [0.25, 0.3) is 0 Å². The van der Waals surface area contributed by atoms with Crippen LogP contribution in [0.2, 0.25) is 5.02 Å². The van der Waals surface area contributed by atoms with Gasteiger partial charge in [0.15, 0.2) is 0 Å². The number of carbonyl (C=O) groups excluding carboxylic acids is 1. The van der Waals surface area contributed by atoms with Gasteiger partial charge in [0, 0.05) is 12.6 Å². The summed E-state index contributed by atoms with van der Waals surface area (Å²) in [5.41, 5.74) is 1.72. The van der Waals surface area contributed by atoms with E-state index in [4.69, 9.17) is 16.3 Å². The quantitative estimate of drug-likeness (QED) is 0.596. The van der Waals surface area contributed by atoms with Crippen molar-refractivity contribution >= 4 is 38.9 Å². The summed E-state index contributed by atoms with van der Waals surface area (Å²) in [6, 6.07) is 18.1. The molecule has 0 aliphatic carbocycles. The average Bonchev–Trinajstić information content (AvgIpc) is 2.74. The van der Waals surface area contributed by atoms with Crippen LogP contribution in [-0.4, -0.2) is 28.5 Å². The highest BCUT2D eigenvalue weighted by atomic mass is 35.5. The molecule has 0 aliphatic rings. The lowest BCUT2D eigenvalue weighted by atomic mass is 10.1. The summed E-state index contributed by atoms with van der Waals surface area (Å²) in [5, 5.41) is 3.12. The highest BCUT2D eigenvalue weighted by molar-refractivity contribution is 7.92. The Morgan fingerprint density at radius 3 is 2.40 bits per heavy atom. The number of ether oxygens (including phenoxy) is 1. The molecule has 0 unspecified atom stereocenters. The lowest BCUT2D eigenvalue weighted by Crippen LogP contribution is -2.27. The zero-order valence-corrected chi connectivity index (χ0v) is 18.3. The van der Waals surface area contributed by atoms with E-state index in [1.807, 2.05) is 0 Å². The highest BCUT2D eigenvalue weighted by Crippen LogP contribution is 2.31. The Morgan fingerprint density at radius 1 is 1.03 bits per heavy atom. The Morgan fingerprint density at radius 2 is 1.70 bits per heavy atom. The number of rotatable bonds is 6. The average molecular weight is 445 g/mol. The number of sulfonamides is 1. The van der Waals surface area contributed by atoms with Crippen molar-refractivity contribution in [1.29, 1.82) is 0 Å². The summed E-state index contributed by atoms with van der Waals surface area (Å²) in [4.78, 5) is 12.8. The number of para-hydroxylation sites is 3. The van der Waals surface area contributed by atoms with Crippen LogP contribution in [0.5, 0.6) is 5.75 Å². The van der Waals surface area contributed by atoms with Crippen LogP contribution in [0.3, 0.4) is 0 Å². The molecule has 1 amide bonds. The van der Waals surface area contributed by atoms with E-state index in [2.05, 4.69) is 5.32 Å². The van der Waals surface area contributed by atoms with E-state index in [0.29, 0.717) is 27.7 Å². The number of carbonyl (C=O) groups is 1. The number of nitrogens with zero attached hydrogens (tertiary/aromatic N) is 1. The van der Waals surface area contributed by atoms with Gasteiger partial charge in [0.05, 0.1) is 28.4 Å². The number of hydrogen-bond donors (Lipinski definition) is 1. The molecule has 0 saturated heterocycles. The van der Waals surface area contributed by atoms with Gasteiger partial charge >= 0.3 is 0 Å². The molecule has 1 N–H and O–H groups in total. The van der Waals surface area contributed by atoms with E-state index in [1.54, 1.807) is 61.5 Å². The fourth-order valence-electron chi connectivity index (χ4n) is 2.94. The number of anilines is 2. The first-order valence-corrected chi connectivity index (χ1v) is 10.9. The van der Waals surface area contributed by atoms with Crippen LogP contribution in [-0.2, 0) is 10.0 Å². The number of benzene rings is 3. The van der Waals surface area contributed by atoms with Crippen LogP contribution in [0.15, 0.2) is 71.6 Å². The normalized spacial score (nSPS) is 11.1. The molecule has 0 aliphatic heterocycles. The minimum absolute atomic E-state index is 0.00850. The molecule has 0 heterocycles. The first kappa shape index (κ1) is 21.7. The Balaban J connectivity index is 1.97. The van der Waals surface area contributed by atoms with Crippen LogP contribution >= 0.6 is 11.6 Å². The zero-order chi connectivity index (χ0) is 21.9. The SMILES string of the molecule is COc1ccccc1N(C)S(=O)(=O)c1ccc(C)c(C(=O)Nc2ccccc2Cl)c1. The van der Waals surface area contributed by atoms with E-state index < -0.39 is 15.9 Å². The van der Waals surface area contributed by atoms with Crippen molar-refractivity contribution in [2.75, 3.05) is 23.8 Å². The second-order valence-electron chi connectivity index (χ2n) is 6.56. The maximum atomic E-state index is 13.2. The van der Waals surface area contributed by atoms with Crippen LogP contribution in [0.4, 0.5) is 11.4 Å². The first-order chi connectivity index (χ1) is 14.3. The number of aryl methyl sites for hydroxylation is 1. The minimum Gasteiger partial charge on any atom is -0.495 e. The van der Waals surface area contributed by atoms with Crippen molar-refractivity contribution in [2.45, 2.75) is 11.8 Å². The Kier molecular flexibility index (Phi) is 6.34. The molecule has 0 aromatic heterocycles. The van der Waals surface area contributed by atoms with Gasteiger partial charge < -0.3 is 10.1 Å². The Bertz CT molecular complexity index is 1200. The van der Waals surface area contributed by atoms with Crippen LogP contribution in [0.1, 0.15) is 15.9 Å². The maximum absolute atomic E-state index is 13.2. The number of halogens is 1. The third-order valence-electron chi connectivity index (χ3n) is 4.66. The molecule has 0 bridgehead atoms. The molecule has 30 heavy (non-hydrogen) atoms. The first-order valence-electron chi connectivity index (χ1n) is 9.04. The van der Waals surface area contributed by atoms with E-state index >= 15 is 0 Å². The van der Waals surface area contributed by atoms with Crippen molar-refractivity contribution in [3.05, 3.63) is 82.9 Å². The number of nitrogens with one attached hydrogen (secondary N) is 1. The third-order valence-corrected chi connectivity index (χ3v) is 6.76. The monoisotopic (exact) mass is 444 g/mol. The molecule has 0 radical (unpaired) electrons. The van der Waals surface area contributed by atoms with E-state index in [1.165, 1.54) is 26.3 Å². The standard InChI is InChI=1S/C22H21ClN2O4S/c1-15-12-13-16(14-17(15)22(26)24-19-9-5-4-8-18(19)23)30(27,28)25(2)20-10-6-7-11-21(20)29-3/h4-14H,1-3H3,(H,24,26). The van der Waals surface area contributed by atoms with Gasteiger partial charge in [-0.1, -0.05) is 41.9 Å². The van der Waals surface area contributed by atoms with Gasteiger partial charge in [-0.25, -0.2) is 8.42 Å². The molecule has 3 aromatic carbocycles. The topological polar surface area (TPSA) is 75.7 Å². The van der Waals surface area contributed by atoms with Gasteiger partial charge in [-0.3, -0.25) is 9.10 Å². The van der Waals surface area contributed by atoms with Gasteiger partial charge in [-0.15, -0.1) is 0 Å². The van der Waals surface area contributed by atoms with Crippen molar-refractivity contribution in [2.24, 2.45) is 0 Å². The molecule has 156 valence electrons.